The minimum atomic E-state index is -2.84. The summed E-state index contributed by atoms with van der Waals surface area (Å²) in [5.41, 5.74) is 0.593. The van der Waals surface area contributed by atoms with Crippen molar-refractivity contribution < 1.29 is 23.1 Å². The van der Waals surface area contributed by atoms with Crippen molar-refractivity contribution in [2.24, 2.45) is 11.3 Å². The van der Waals surface area contributed by atoms with Gasteiger partial charge in [0.15, 0.2) is 0 Å². The predicted molar refractivity (Wildman–Crippen MR) is 149 cm³/mol. The molecule has 38 heavy (non-hydrogen) atoms. The summed E-state index contributed by atoms with van der Waals surface area (Å²) < 4.78 is 25.8. The van der Waals surface area contributed by atoms with Crippen molar-refractivity contribution in [2.45, 2.75) is 64.0 Å². The Morgan fingerprint density at radius 2 is 1.82 bits per heavy atom. The Labute approximate surface area is 235 Å². The van der Waals surface area contributed by atoms with Crippen LogP contribution in [-0.2, 0) is 20.5 Å². The van der Waals surface area contributed by atoms with Crippen LogP contribution in [0.4, 0.5) is 0 Å². The van der Waals surface area contributed by atoms with Gasteiger partial charge in [0.2, 0.25) is 16.8 Å². The molecule has 4 rings (SSSR count). The minimum Gasteiger partial charge on any atom is -0.481 e. The molecule has 0 aromatic heterocycles. The standard InChI is InChI=1S/C28H34Cl2N2O5S/c1-3-13-31(38(36)37)17-24(18-7-8-18)32-26(19-9-11-21(29)12-10-19)23(20-5-4-6-22(30)14-20)15-28(2,27(32)35)16-25(33)34/h4-6,9-12,14,18,23-24,26,38H,3,7-8,13,15-17H2,1-2H3,(H,33,34). The maximum atomic E-state index is 14.4. The largest absolute Gasteiger partial charge is 0.481 e. The number of carbonyl (C=O) groups is 2. The molecule has 1 saturated carbocycles. The van der Waals surface area contributed by atoms with Crippen LogP contribution < -0.4 is 0 Å². The first-order chi connectivity index (χ1) is 18.0. The summed E-state index contributed by atoms with van der Waals surface area (Å²) >= 11 is 12.6. The second-order valence-electron chi connectivity index (χ2n) is 10.8. The molecule has 0 bridgehead atoms. The lowest BCUT2D eigenvalue weighted by molar-refractivity contribution is -0.161. The molecular formula is C28H34Cl2N2O5S. The molecule has 0 radical (unpaired) electrons. The van der Waals surface area contributed by atoms with Crippen molar-refractivity contribution in [2.75, 3.05) is 13.1 Å². The van der Waals surface area contributed by atoms with Gasteiger partial charge in [-0.25, -0.2) is 12.7 Å². The Bertz CT molecular complexity index is 1240. The number of carboxylic acids is 1. The van der Waals surface area contributed by atoms with Gasteiger partial charge in [0.05, 0.1) is 17.9 Å². The first-order valence-corrected chi connectivity index (χ1v) is 14.9. The van der Waals surface area contributed by atoms with E-state index in [2.05, 4.69) is 0 Å². The first kappa shape index (κ1) is 28.9. The Morgan fingerprint density at radius 1 is 1.13 bits per heavy atom. The van der Waals surface area contributed by atoms with Crippen molar-refractivity contribution in [1.82, 2.24) is 9.21 Å². The number of benzene rings is 2. The number of nitrogens with zero attached hydrogens (tertiary/aromatic N) is 2. The molecule has 1 N–H and O–H groups in total. The highest BCUT2D eigenvalue weighted by Crippen LogP contribution is 2.54. The summed E-state index contributed by atoms with van der Waals surface area (Å²) in [7, 11) is -2.84. The fourth-order valence-corrected chi connectivity index (χ4v) is 6.89. The number of amides is 1. The molecule has 0 spiro atoms. The maximum absolute atomic E-state index is 14.4. The van der Waals surface area contributed by atoms with Crippen molar-refractivity contribution in [1.29, 1.82) is 0 Å². The van der Waals surface area contributed by atoms with Crippen LogP contribution in [0.1, 0.15) is 69.0 Å². The van der Waals surface area contributed by atoms with E-state index in [4.69, 9.17) is 23.2 Å². The third-order valence-electron chi connectivity index (χ3n) is 7.77. The normalized spacial score (nSPS) is 24.7. The molecule has 2 aromatic rings. The minimum absolute atomic E-state index is 0.134. The van der Waals surface area contributed by atoms with E-state index in [0.29, 0.717) is 29.4 Å². The summed E-state index contributed by atoms with van der Waals surface area (Å²) in [6.07, 6.45) is 2.41. The van der Waals surface area contributed by atoms with E-state index in [9.17, 15) is 23.1 Å². The van der Waals surface area contributed by atoms with Crippen molar-refractivity contribution in [3.8, 4) is 0 Å². The number of aliphatic carboxylic acids is 1. The lowest BCUT2D eigenvalue weighted by atomic mass is 9.67. The van der Waals surface area contributed by atoms with E-state index in [0.717, 1.165) is 24.0 Å². The number of hydrogen-bond acceptors (Lipinski definition) is 4. The van der Waals surface area contributed by atoms with Gasteiger partial charge >= 0.3 is 5.97 Å². The average molecular weight is 582 g/mol. The molecule has 1 aliphatic heterocycles. The number of carboxylic acid groups (broad SMARTS) is 1. The summed E-state index contributed by atoms with van der Waals surface area (Å²) in [6, 6.07) is 14.0. The van der Waals surface area contributed by atoms with Crippen LogP contribution in [0, 0.1) is 11.3 Å². The van der Waals surface area contributed by atoms with Gasteiger partial charge in [-0.05, 0) is 67.0 Å². The van der Waals surface area contributed by atoms with Gasteiger partial charge in [-0.2, -0.15) is 0 Å². The average Bonchev–Trinajstić information content (AvgIpc) is 3.69. The number of likely N-dealkylation sites (tertiary alicyclic amines) is 1. The van der Waals surface area contributed by atoms with E-state index < -0.39 is 34.4 Å². The third kappa shape index (κ3) is 6.36. The molecule has 4 atom stereocenters. The molecule has 4 unspecified atom stereocenters. The van der Waals surface area contributed by atoms with Crippen LogP contribution in [0.5, 0.6) is 0 Å². The molecule has 7 nitrogen and oxygen atoms in total. The van der Waals surface area contributed by atoms with Gasteiger partial charge in [-0.15, -0.1) is 0 Å². The molecule has 1 aliphatic carbocycles. The Hall–Kier alpha value is -2.13. The molecule has 10 heteroatoms. The quantitative estimate of drug-likeness (QED) is 0.340. The highest BCUT2D eigenvalue weighted by molar-refractivity contribution is 7.69. The monoisotopic (exact) mass is 580 g/mol. The van der Waals surface area contributed by atoms with E-state index in [1.54, 1.807) is 25.1 Å². The number of hydrogen-bond donors (Lipinski definition) is 2. The molecule has 206 valence electrons. The van der Waals surface area contributed by atoms with Crippen molar-refractivity contribution in [3.63, 3.8) is 0 Å². The highest BCUT2D eigenvalue weighted by Gasteiger charge is 2.54. The van der Waals surface area contributed by atoms with Gasteiger partial charge in [0, 0.05) is 35.1 Å². The van der Waals surface area contributed by atoms with Gasteiger partial charge in [0.25, 0.3) is 0 Å². The summed E-state index contributed by atoms with van der Waals surface area (Å²) in [6.45, 7) is 4.17. The Kier molecular flexibility index (Phi) is 9.07. The van der Waals surface area contributed by atoms with Crippen LogP contribution in [0.2, 0.25) is 10.0 Å². The first-order valence-electron chi connectivity index (χ1n) is 13.0. The molecule has 2 fully saturated rings. The van der Waals surface area contributed by atoms with Crippen LogP contribution in [-0.4, -0.2) is 53.7 Å². The predicted octanol–water partition coefficient (Wildman–Crippen LogP) is 5.55. The van der Waals surface area contributed by atoms with Gasteiger partial charge in [0.1, 0.15) is 0 Å². The molecule has 1 saturated heterocycles. The third-order valence-corrected chi connectivity index (χ3v) is 9.08. The van der Waals surface area contributed by atoms with E-state index in [1.165, 1.54) is 4.31 Å². The smallest absolute Gasteiger partial charge is 0.304 e. The van der Waals surface area contributed by atoms with E-state index >= 15 is 0 Å². The fourth-order valence-electron chi connectivity index (χ4n) is 5.90. The zero-order valence-electron chi connectivity index (χ0n) is 21.6. The van der Waals surface area contributed by atoms with Gasteiger partial charge in [-0.1, -0.05) is 61.3 Å². The SMILES string of the molecule is CCCN(CC(C1CC1)N1C(=O)C(C)(CC(=O)O)CC(c2cccc(Cl)c2)C1c1ccc(Cl)cc1)[SH](=O)=O. The van der Waals surface area contributed by atoms with E-state index in [1.807, 2.05) is 42.2 Å². The zero-order valence-corrected chi connectivity index (χ0v) is 24.0. The second kappa shape index (κ2) is 11.9. The van der Waals surface area contributed by atoms with Crippen molar-refractivity contribution >= 4 is 46.0 Å². The molecular weight excluding hydrogens is 547 g/mol. The molecule has 1 heterocycles. The lowest BCUT2D eigenvalue weighted by Gasteiger charge is -2.52. The summed E-state index contributed by atoms with van der Waals surface area (Å²) in [5.74, 6) is -1.43. The molecule has 1 amide bonds. The molecule has 2 aromatic carbocycles. The topological polar surface area (TPSA) is 95.0 Å². The lowest BCUT2D eigenvalue weighted by Crippen LogP contribution is -2.59. The fraction of sp³-hybridized carbons (Fsp3) is 0.500. The number of rotatable bonds is 11. The Balaban J connectivity index is 1.90. The number of piperidine rings is 1. The van der Waals surface area contributed by atoms with Gasteiger partial charge in [-0.3, -0.25) is 9.59 Å². The Morgan fingerprint density at radius 3 is 2.37 bits per heavy atom. The van der Waals surface area contributed by atoms with Crippen molar-refractivity contribution in [3.05, 3.63) is 69.7 Å². The number of halogens is 2. The summed E-state index contributed by atoms with van der Waals surface area (Å²) in [4.78, 5) is 28.2. The molecule has 2 aliphatic rings. The van der Waals surface area contributed by atoms with E-state index in [-0.39, 0.29) is 30.7 Å². The zero-order chi connectivity index (χ0) is 27.6. The number of thiol groups is 1. The highest BCUT2D eigenvalue weighted by atomic mass is 35.5. The van der Waals surface area contributed by atoms with Crippen LogP contribution in [0.15, 0.2) is 48.5 Å². The van der Waals surface area contributed by atoms with Crippen LogP contribution in [0.25, 0.3) is 0 Å². The number of carbonyl (C=O) groups excluding carboxylic acids is 1. The van der Waals surface area contributed by atoms with Crippen LogP contribution in [0.3, 0.4) is 0 Å². The second-order valence-corrected chi connectivity index (χ2v) is 12.7. The summed E-state index contributed by atoms with van der Waals surface area (Å²) in [5, 5.41) is 10.9. The van der Waals surface area contributed by atoms with Gasteiger partial charge < -0.3 is 10.0 Å². The van der Waals surface area contributed by atoms with Crippen LogP contribution >= 0.6 is 23.2 Å². The maximum Gasteiger partial charge on any atom is 0.304 e.